The van der Waals surface area contributed by atoms with Crippen molar-refractivity contribution in [2.75, 3.05) is 21.3 Å². The van der Waals surface area contributed by atoms with Crippen molar-refractivity contribution in [2.45, 2.75) is 0 Å². The number of nitrogens with one attached hydrogen (secondary N) is 2. The lowest BCUT2D eigenvalue weighted by molar-refractivity contribution is 0.0950. The second-order valence-electron chi connectivity index (χ2n) is 6.05. The summed E-state index contributed by atoms with van der Waals surface area (Å²) in [5.41, 5.74) is 4.93. The maximum atomic E-state index is 12.3. The van der Waals surface area contributed by atoms with Gasteiger partial charge >= 0.3 is 0 Å². The summed E-state index contributed by atoms with van der Waals surface area (Å²) in [5.74, 6) is 1.60. The number of methoxy groups -OCH3 is 3. The van der Waals surface area contributed by atoms with E-state index in [2.05, 4.69) is 20.7 Å². The number of benzene rings is 2. The van der Waals surface area contributed by atoms with Gasteiger partial charge in [0.15, 0.2) is 0 Å². The highest BCUT2D eigenvalue weighted by molar-refractivity contribution is 5.94. The van der Waals surface area contributed by atoms with Gasteiger partial charge in [-0.3, -0.25) is 9.89 Å². The molecule has 0 saturated carbocycles. The number of carbonyl (C=O) groups is 1. The number of ether oxygens (including phenoxy) is 3. The normalized spacial score (nSPS) is 11.0. The van der Waals surface area contributed by atoms with E-state index in [4.69, 9.17) is 14.2 Å². The van der Waals surface area contributed by atoms with Crippen LogP contribution in [0, 0.1) is 0 Å². The van der Waals surface area contributed by atoms with Crippen LogP contribution in [0.15, 0.2) is 59.7 Å². The quantitative estimate of drug-likeness (QED) is 0.441. The molecule has 0 radical (unpaired) electrons. The van der Waals surface area contributed by atoms with Crippen molar-refractivity contribution >= 4 is 18.2 Å². The first-order valence-corrected chi connectivity index (χ1v) is 9.07. The topological polar surface area (TPSA) is 97.8 Å². The molecule has 8 nitrogen and oxygen atoms in total. The predicted octanol–water partition coefficient (Wildman–Crippen LogP) is 3.53. The molecular formula is C22H22N4O4. The maximum Gasteiger partial charge on any atom is 0.289 e. The number of amides is 1. The summed E-state index contributed by atoms with van der Waals surface area (Å²) in [6, 6.07) is 14.6. The first-order chi connectivity index (χ1) is 14.7. The van der Waals surface area contributed by atoms with Crippen molar-refractivity contribution in [3.63, 3.8) is 0 Å². The average Bonchev–Trinajstić information content (AvgIpc) is 3.28. The molecule has 154 valence electrons. The number of allylic oxidation sites excluding steroid dienone is 1. The number of rotatable bonds is 8. The second kappa shape index (κ2) is 9.92. The van der Waals surface area contributed by atoms with Gasteiger partial charge in [0.25, 0.3) is 5.91 Å². The Morgan fingerprint density at radius 1 is 1.03 bits per heavy atom. The molecule has 2 aromatic carbocycles. The molecule has 0 fully saturated rings. The van der Waals surface area contributed by atoms with Crippen LogP contribution in [0.3, 0.4) is 0 Å². The highest BCUT2D eigenvalue weighted by atomic mass is 16.5. The monoisotopic (exact) mass is 406 g/mol. The van der Waals surface area contributed by atoms with Gasteiger partial charge < -0.3 is 14.2 Å². The second-order valence-corrected chi connectivity index (χ2v) is 6.05. The van der Waals surface area contributed by atoms with Gasteiger partial charge in [-0.05, 0) is 36.4 Å². The molecule has 1 amide bonds. The molecule has 0 aliphatic carbocycles. The summed E-state index contributed by atoms with van der Waals surface area (Å²) < 4.78 is 15.9. The van der Waals surface area contributed by atoms with Crippen LogP contribution < -0.4 is 19.6 Å². The van der Waals surface area contributed by atoms with Crippen LogP contribution in [0.2, 0.25) is 0 Å². The van der Waals surface area contributed by atoms with Gasteiger partial charge in [0.1, 0.15) is 22.9 Å². The fourth-order valence-electron chi connectivity index (χ4n) is 2.74. The third-order valence-electron chi connectivity index (χ3n) is 4.25. The summed E-state index contributed by atoms with van der Waals surface area (Å²) in [7, 11) is 4.75. The first-order valence-electron chi connectivity index (χ1n) is 9.07. The van der Waals surface area contributed by atoms with Gasteiger partial charge in [-0.25, -0.2) is 5.43 Å². The minimum absolute atomic E-state index is 0.272. The minimum atomic E-state index is -0.414. The molecule has 8 heteroatoms. The third-order valence-corrected chi connectivity index (χ3v) is 4.25. The Bertz CT molecular complexity index is 1070. The zero-order chi connectivity index (χ0) is 21.3. The summed E-state index contributed by atoms with van der Waals surface area (Å²) >= 11 is 0. The summed E-state index contributed by atoms with van der Waals surface area (Å²) in [6.07, 6.45) is 5.02. The average molecular weight is 406 g/mol. The maximum absolute atomic E-state index is 12.3. The smallest absolute Gasteiger partial charge is 0.289 e. The fraction of sp³-hybridized carbons (Fsp3) is 0.136. The largest absolute Gasteiger partial charge is 0.497 e. The molecule has 2 N–H and O–H groups in total. The van der Waals surface area contributed by atoms with E-state index in [1.807, 2.05) is 36.4 Å². The fourth-order valence-corrected chi connectivity index (χ4v) is 2.74. The number of para-hydroxylation sites is 1. The Labute approximate surface area is 174 Å². The Balaban J connectivity index is 1.64. The summed E-state index contributed by atoms with van der Waals surface area (Å²) in [4.78, 5) is 12.3. The number of H-pyrrole nitrogens is 1. The number of aromatic nitrogens is 2. The van der Waals surface area contributed by atoms with Crippen molar-refractivity contribution < 1.29 is 19.0 Å². The molecule has 3 aromatic rings. The van der Waals surface area contributed by atoms with Crippen molar-refractivity contribution in [3.05, 3.63) is 65.9 Å². The van der Waals surface area contributed by atoms with Gasteiger partial charge in [0, 0.05) is 23.4 Å². The Morgan fingerprint density at radius 2 is 1.83 bits per heavy atom. The number of carbonyl (C=O) groups excluding carboxylic acids is 1. The van der Waals surface area contributed by atoms with Gasteiger partial charge in [-0.2, -0.15) is 10.2 Å². The number of aromatic amines is 1. The number of hydrazone groups is 1. The summed E-state index contributed by atoms with van der Waals surface area (Å²) in [6.45, 7) is 0. The van der Waals surface area contributed by atoms with E-state index >= 15 is 0 Å². The van der Waals surface area contributed by atoms with Gasteiger partial charge in [-0.15, -0.1) is 0 Å². The number of hydrogen-bond donors (Lipinski definition) is 2. The van der Waals surface area contributed by atoms with Crippen LogP contribution >= 0.6 is 0 Å². The van der Waals surface area contributed by atoms with E-state index in [1.54, 1.807) is 45.6 Å². The molecular weight excluding hydrogens is 384 g/mol. The van der Waals surface area contributed by atoms with Crippen LogP contribution in [-0.4, -0.2) is 43.6 Å². The molecule has 0 atom stereocenters. The van der Waals surface area contributed by atoms with Gasteiger partial charge in [0.2, 0.25) is 0 Å². The van der Waals surface area contributed by atoms with E-state index in [9.17, 15) is 4.79 Å². The van der Waals surface area contributed by atoms with Crippen LogP contribution in [0.1, 0.15) is 16.1 Å². The molecule has 1 heterocycles. The Hall–Kier alpha value is -4.07. The zero-order valence-electron chi connectivity index (χ0n) is 16.9. The van der Waals surface area contributed by atoms with E-state index in [0.717, 1.165) is 16.9 Å². The SMILES string of the molecule is COc1ccc(-c2cc(C(=O)N/N=C/C=C/c3ccccc3OC)[nH]n2)c(OC)c1. The van der Waals surface area contributed by atoms with E-state index in [1.165, 1.54) is 6.21 Å². The van der Waals surface area contributed by atoms with Crippen molar-refractivity contribution in [3.8, 4) is 28.5 Å². The standard InChI is InChI=1S/C22H22N4O4/c1-28-16-10-11-17(21(13-16)30-3)18-14-19(25-24-18)22(27)26-23-12-6-8-15-7-4-5-9-20(15)29-2/h4-14H,1-3H3,(H,24,25)(H,26,27)/b8-6+,23-12+. The molecule has 0 saturated heterocycles. The lowest BCUT2D eigenvalue weighted by Crippen LogP contribution is -2.17. The summed E-state index contributed by atoms with van der Waals surface area (Å²) in [5, 5.41) is 10.8. The van der Waals surface area contributed by atoms with Crippen LogP contribution in [0.25, 0.3) is 17.3 Å². The molecule has 1 aromatic heterocycles. The van der Waals surface area contributed by atoms with Crippen molar-refractivity contribution in [2.24, 2.45) is 5.10 Å². The molecule has 0 unspecified atom stereocenters. The molecule has 0 aliphatic rings. The van der Waals surface area contributed by atoms with Gasteiger partial charge in [0.05, 0.1) is 27.0 Å². The Morgan fingerprint density at radius 3 is 2.60 bits per heavy atom. The number of nitrogens with zero attached hydrogens (tertiary/aromatic N) is 2. The van der Waals surface area contributed by atoms with E-state index < -0.39 is 5.91 Å². The lowest BCUT2D eigenvalue weighted by atomic mass is 10.1. The van der Waals surface area contributed by atoms with Crippen molar-refractivity contribution in [1.82, 2.24) is 15.6 Å². The van der Waals surface area contributed by atoms with E-state index in [0.29, 0.717) is 17.2 Å². The van der Waals surface area contributed by atoms with Crippen LogP contribution in [-0.2, 0) is 0 Å². The minimum Gasteiger partial charge on any atom is -0.497 e. The number of hydrogen-bond acceptors (Lipinski definition) is 6. The molecule has 0 spiro atoms. The molecule has 0 bridgehead atoms. The van der Waals surface area contributed by atoms with Crippen molar-refractivity contribution in [1.29, 1.82) is 0 Å². The zero-order valence-corrected chi connectivity index (χ0v) is 16.9. The molecule has 30 heavy (non-hydrogen) atoms. The predicted molar refractivity (Wildman–Crippen MR) is 115 cm³/mol. The van der Waals surface area contributed by atoms with Crippen LogP contribution in [0.5, 0.6) is 17.2 Å². The van der Waals surface area contributed by atoms with Crippen LogP contribution in [0.4, 0.5) is 0 Å². The highest BCUT2D eigenvalue weighted by Gasteiger charge is 2.14. The lowest BCUT2D eigenvalue weighted by Gasteiger charge is -2.08. The van der Waals surface area contributed by atoms with E-state index in [-0.39, 0.29) is 5.69 Å². The van der Waals surface area contributed by atoms with Gasteiger partial charge in [-0.1, -0.05) is 18.2 Å². The molecule has 0 aliphatic heterocycles. The first kappa shape index (κ1) is 20.7. The highest BCUT2D eigenvalue weighted by Crippen LogP contribution is 2.32. The third kappa shape index (κ3) is 4.85. The Kier molecular flexibility index (Phi) is 6.83. The molecule has 3 rings (SSSR count).